The summed E-state index contributed by atoms with van der Waals surface area (Å²) in [7, 11) is 0. The Morgan fingerprint density at radius 3 is 1.54 bits per heavy atom. The van der Waals surface area contributed by atoms with Crippen molar-refractivity contribution in [3.63, 3.8) is 0 Å². The molecule has 5 rings (SSSR count). The van der Waals surface area contributed by atoms with Gasteiger partial charge in [0.25, 0.3) is 0 Å². The lowest BCUT2D eigenvalue weighted by molar-refractivity contribution is -0.196. The van der Waals surface area contributed by atoms with E-state index in [9.17, 15) is 19.2 Å². The van der Waals surface area contributed by atoms with Gasteiger partial charge < -0.3 is 9.47 Å². The van der Waals surface area contributed by atoms with Gasteiger partial charge in [-0.2, -0.15) is 0 Å². The van der Waals surface area contributed by atoms with Crippen LogP contribution in [0, 0.1) is 34.5 Å². The summed E-state index contributed by atoms with van der Waals surface area (Å²) in [6, 6.07) is 0. The molecule has 0 radical (unpaired) electrons. The second-order valence-corrected chi connectivity index (χ2v) is 9.68. The van der Waals surface area contributed by atoms with E-state index in [1.807, 2.05) is 0 Å². The van der Waals surface area contributed by atoms with Gasteiger partial charge >= 0.3 is 11.9 Å². The van der Waals surface area contributed by atoms with Crippen molar-refractivity contribution in [1.29, 1.82) is 0 Å². The summed E-state index contributed by atoms with van der Waals surface area (Å²) in [6.07, 6.45) is 6.52. The Morgan fingerprint density at radius 1 is 0.679 bits per heavy atom. The third kappa shape index (κ3) is 2.38. The SMILES string of the molecule is O=C1CCC[C@@]23C[C@@H](CCOC(=O)[C@]45CCCC(=O)[C@H]4[C@H](CCOC2=O)C5)[C@H]13. The Hall–Kier alpha value is -1.72. The first kappa shape index (κ1) is 18.3. The molecule has 152 valence electrons. The molecule has 1 heterocycles. The van der Waals surface area contributed by atoms with Crippen LogP contribution in [0.2, 0.25) is 0 Å². The Labute approximate surface area is 164 Å². The number of ketones is 2. The number of hydrogen-bond donors (Lipinski definition) is 0. The van der Waals surface area contributed by atoms with Crippen LogP contribution in [0.1, 0.15) is 64.2 Å². The van der Waals surface area contributed by atoms with Crippen molar-refractivity contribution in [2.75, 3.05) is 13.2 Å². The summed E-state index contributed by atoms with van der Waals surface area (Å²) in [5.74, 6) is -0.487. The van der Waals surface area contributed by atoms with E-state index in [-0.39, 0.29) is 60.4 Å². The fraction of sp³-hybridized carbons (Fsp3) is 0.818. The van der Waals surface area contributed by atoms with E-state index in [0.717, 1.165) is 12.8 Å². The topological polar surface area (TPSA) is 86.7 Å². The number of rotatable bonds is 0. The van der Waals surface area contributed by atoms with Gasteiger partial charge in [0.05, 0.1) is 24.0 Å². The number of esters is 2. The minimum absolute atomic E-state index is 0.0894. The second-order valence-electron chi connectivity index (χ2n) is 9.68. The maximum atomic E-state index is 12.9. The molecular formula is C22H28O6. The minimum atomic E-state index is -0.655. The maximum Gasteiger partial charge on any atom is 0.312 e. The van der Waals surface area contributed by atoms with E-state index >= 15 is 0 Å². The monoisotopic (exact) mass is 388 g/mol. The molecule has 4 saturated carbocycles. The number of ether oxygens (including phenoxy) is 2. The number of carbonyl (C=O) groups excluding carboxylic acids is 4. The van der Waals surface area contributed by atoms with Crippen LogP contribution in [0.5, 0.6) is 0 Å². The smallest absolute Gasteiger partial charge is 0.312 e. The van der Waals surface area contributed by atoms with Gasteiger partial charge in [0.1, 0.15) is 11.6 Å². The third-order valence-electron chi connectivity index (χ3n) is 8.43. The molecule has 5 aliphatic rings. The van der Waals surface area contributed by atoms with Gasteiger partial charge in [-0.15, -0.1) is 0 Å². The standard InChI is InChI=1S/C22H28O6/c23-15-3-1-7-21-11-13(17(15)21)5-10-28-20(26)22-8-2-4-16(24)18(22)14(12-22)6-9-27-19(21)25/h13-14,17-18H,1-12H2/t13-,14-,17-,18-,21+,22+/m1/s1. The maximum absolute atomic E-state index is 12.9. The van der Waals surface area contributed by atoms with Crippen LogP contribution in [-0.4, -0.2) is 36.7 Å². The van der Waals surface area contributed by atoms with E-state index in [1.165, 1.54) is 0 Å². The molecule has 1 spiro atoms. The van der Waals surface area contributed by atoms with Crippen LogP contribution in [0.15, 0.2) is 0 Å². The highest BCUT2D eigenvalue weighted by Crippen LogP contribution is 2.61. The molecule has 0 unspecified atom stereocenters. The number of carbonyl (C=O) groups is 4. The first-order valence-corrected chi connectivity index (χ1v) is 10.9. The molecular weight excluding hydrogens is 360 g/mol. The summed E-state index contributed by atoms with van der Waals surface area (Å²) in [6.45, 7) is 0.539. The molecule has 4 bridgehead atoms. The normalized spacial score (nSPS) is 46.0. The molecule has 6 atom stereocenters. The van der Waals surface area contributed by atoms with Crippen molar-refractivity contribution in [2.45, 2.75) is 64.2 Å². The predicted molar refractivity (Wildman–Crippen MR) is 96.9 cm³/mol. The molecule has 5 fully saturated rings. The van der Waals surface area contributed by atoms with Crippen molar-refractivity contribution >= 4 is 23.5 Å². The quantitative estimate of drug-likeness (QED) is 0.593. The fourth-order valence-electron chi connectivity index (χ4n) is 7.19. The van der Waals surface area contributed by atoms with Crippen LogP contribution in [0.25, 0.3) is 0 Å². The second kappa shape index (κ2) is 6.39. The van der Waals surface area contributed by atoms with Crippen molar-refractivity contribution in [3.8, 4) is 0 Å². The summed E-state index contributed by atoms with van der Waals surface area (Å²) in [5.41, 5.74) is -1.31. The molecule has 6 nitrogen and oxygen atoms in total. The van der Waals surface area contributed by atoms with Crippen LogP contribution >= 0.6 is 0 Å². The first-order valence-electron chi connectivity index (χ1n) is 10.9. The summed E-state index contributed by atoms with van der Waals surface area (Å²) >= 11 is 0. The van der Waals surface area contributed by atoms with E-state index < -0.39 is 10.8 Å². The third-order valence-corrected chi connectivity index (χ3v) is 8.43. The van der Waals surface area contributed by atoms with E-state index in [0.29, 0.717) is 51.4 Å². The summed E-state index contributed by atoms with van der Waals surface area (Å²) < 4.78 is 11.3. The molecule has 4 aliphatic carbocycles. The van der Waals surface area contributed by atoms with Gasteiger partial charge in [0, 0.05) is 24.7 Å². The molecule has 1 saturated heterocycles. The van der Waals surface area contributed by atoms with Gasteiger partial charge in [-0.3, -0.25) is 19.2 Å². The average molecular weight is 388 g/mol. The molecule has 0 aromatic heterocycles. The van der Waals surface area contributed by atoms with Crippen LogP contribution < -0.4 is 0 Å². The van der Waals surface area contributed by atoms with Crippen LogP contribution in [0.4, 0.5) is 0 Å². The Morgan fingerprint density at radius 2 is 1.11 bits per heavy atom. The number of cyclic esters (lactones) is 2. The minimum Gasteiger partial charge on any atom is -0.465 e. The zero-order valence-electron chi connectivity index (χ0n) is 16.2. The molecule has 1 aliphatic heterocycles. The zero-order chi connectivity index (χ0) is 19.5. The molecule has 0 aromatic carbocycles. The van der Waals surface area contributed by atoms with Crippen molar-refractivity contribution in [3.05, 3.63) is 0 Å². The van der Waals surface area contributed by atoms with Gasteiger partial charge in [0.2, 0.25) is 0 Å². The van der Waals surface area contributed by atoms with E-state index in [1.54, 1.807) is 0 Å². The summed E-state index contributed by atoms with van der Waals surface area (Å²) in [4.78, 5) is 50.9. The highest BCUT2D eigenvalue weighted by Gasteiger charge is 2.65. The van der Waals surface area contributed by atoms with Gasteiger partial charge in [-0.1, -0.05) is 0 Å². The van der Waals surface area contributed by atoms with Gasteiger partial charge in [-0.05, 0) is 63.2 Å². The number of fused-ring (bicyclic) bond motifs is 2. The molecule has 6 heteroatoms. The fourth-order valence-corrected chi connectivity index (χ4v) is 7.19. The number of hydrogen-bond acceptors (Lipinski definition) is 6. The Kier molecular flexibility index (Phi) is 4.18. The average Bonchev–Trinajstić information content (AvgIpc) is 2.61. The Bertz CT molecular complexity index is 681. The van der Waals surface area contributed by atoms with Crippen molar-refractivity contribution in [2.24, 2.45) is 34.5 Å². The summed E-state index contributed by atoms with van der Waals surface area (Å²) in [5, 5.41) is 0. The predicted octanol–water partition coefficient (Wildman–Crippen LogP) is 2.62. The molecule has 28 heavy (non-hydrogen) atoms. The van der Waals surface area contributed by atoms with Crippen LogP contribution in [0.3, 0.4) is 0 Å². The first-order chi connectivity index (χ1) is 13.5. The molecule has 0 aromatic rings. The number of Topliss-reactive ketones (excluding diaryl/α,β-unsaturated/α-hetero) is 2. The van der Waals surface area contributed by atoms with Gasteiger partial charge in [-0.25, -0.2) is 0 Å². The van der Waals surface area contributed by atoms with Crippen molar-refractivity contribution < 1.29 is 28.7 Å². The van der Waals surface area contributed by atoms with Crippen molar-refractivity contribution in [1.82, 2.24) is 0 Å². The lowest BCUT2D eigenvalue weighted by Gasteiger charge is -2.56. The lowest BCUT2D eigenvalue weighted by atomic mass is 9.47. The van der Waals surface area contributed by atoms with E-state index in [4.69, 9.17) is 9.47 Å². The highest BCUT2D eigenvalue weighted by atomic mass is 16.5. The largest absolute Gasteiger partial charge is 0.465 e. The van der Waals surface area contributed by atoms with Crippen LogP contribution in [-0.2, 0) is 28.7 Å². The van der Waals surface area contributed by atoms with E-state index in [2.05, 4.69) is 0 Å². The molecule has 0 amide bonds. The highest BCUT2D eigenvalue weighted by molar-refractivity contribution is 5.93. The lowest BCUT2D eigenvalue weighted by Crippen LogP contribution is -2.61. The zero-order valence-corrected chi connectivity index (χ0v) is 16.2. The molecule has 0 N–H and O–H groups in total. The Balaban J connectivity index is 1.38. The van der Waals surface area contributed by atoms with Gasteiger partial charge in [0.15, 0.2) is 0 Å².